The minimum absolute atomic E-state index is 0.417. The molecule has 0 heterocycles. The molecule has 0 aliphatic heterocycles. The smallest absolute Gasteiger partial charge is 0.310 e. The molecule has 1 aliphatic rings. The molecule has 2 rings (SSSR count). The summed E-state index contributed by atoms with van der Waals surface area (Å²) in [5, 5.41) is 9.87. The first kappa shape index (κ1) is 9.81. The second kappa shape index (κ2) is 3.44. The number of halogens is 2. The SMILES string of the molecule is O=C(O)C1CCc2cc(Cl)c(Cl)cc21. The minimum Gasteiger partial charge on any atom is -0.481 e. The number of aliphatic carboxylic acids is 1. The predicted octanol–water partition coefficient (Wildman–Crippen LogP) is 3.11. The third-order valence-corrected chi connectivity index (χ3v) is 3.28. The Bertz CT molecular complexity index is 401. The molecule has 1 aliphatic carbocycles. The third-order valence-electron chi connectivity index (χ3n) is 2.56. The molecule has 4 heteroatoms. The van der Waals surface area contributed by atoms with E-state index in [2.05, 4.69) is 0 Å². The summed E-state index contributed by atoms with van der Waals surface area (Å²) in [6.07, 6.45) is 1.41. The average molecular weight is 231 g/mol. The molecule has 0 fully saturated rings. The van der Waals surface area contributed by atoms with Crippen molar-refractivity contribution in [2.24, 2.45) is 0 Å². The summed E-state index contributed by atoms with van der Waals surface area (Å²) in [4.78, 5) is 10.9. The van der Waals surface area contributed by atoms with E-state index in [0.29, 0.717) is 16.5 Å². The lowest BCUT2D eigenvalue weighted by Gasteiger charge is -2.06. The topological polar surface area (TPSA) is 37.3 Å². The number of aryl methyl sites for hydroxylation is 1. The van der Waals surface area contributed by atoms with Crippen LogP contribution in [-0.4, -0.2) is 11.1 Å². The first-order chi connectivity index (χ1) is 6.59. The highest BCUT2D eigenvalue weighted by molar-refractivity contribution is 6.42. The van der Waals surface area contributed by atoms with Crippen molar-refractivity contribution < 1.29 is 9.90 Å². The summed E-state index contributed by atoms with van der Waals surface area (Å²) in [6.45, 7) is 0. The van der Waals surface area contributed by atoms with E-state index in [0.717, 1.165) is 17.5 Å². The Morgan fingerprint density at radius 1 is 1.36 bits per heavy atom. The number of hydrogen-bond donors (Lipinski definition) is 1. The van der Waals surface area contributed by atoms with Crippen LogP contribution in [0.1, 0.15) is 23.5 Å². The zero-order valence-corrected chi connectivity index (χ0v) is 8.77. The number of hydrogen-bond acceptors (Lipinski definition) is 1. The maximum Gasteiger partial charge on any atom is 0.310 e. The van der Waals surface area contributed by atoms with Crippen LogP contribution in [0.2, 0.25) is 10.0 Å². The van der Waals surface area contributed by atoms with Gasteiger partial charge in [0.25, 0.3) is 0 Å². The molecule has 1 N–H and O–H groups in total. The van der Waals surface area contributed by atoms with Crippen LogP contribution in [-0.2, 0) is 11.2 Å². The largest absolute Gasteiger partial charge is 0.481 e. The van der Waals surface area contributed by atoms with E-state index in [4.69, 9.17) is 28.3 Å². The minimum atomic E-state index is -0.790. The Hall–Kier alpha value is -0.730. The Kier molecular flexibility index (Phi) is 2.41. The van der Waals surface area contributed by atoms with Gasteiger partial charge in [0.1, 0.15) is 0 Å². The highest BCUT2D eigenvalue weighted by Gasteiger charge is 2.29. The summed E-state index contributed by atoms with van der Waals surface area (Å²) >= 11 is 11.7. The lowest BCUT2D eigenvalue weighted by molar-refractivity contribution is -0.138. The molecular weight excluding hydrogens is 223 g/mol. The van der Waals surface area contributed by atoms with Crippen molar-refractivity contribution in [3.63, 3.8) is 0 Å². The van der Waals surface area contributed by atoms with E-state index in [1.165, 1.54) is 0 Å². The molecular formula is C10H8Cl2O2. The maximum absolute atomic E-state index is 10.9. The van der Waals surface area contributed by atoms with Crippen molar-refractivity contribution in [3.8, 4) is 0 Å². The van der Waals surface area contributed by atoms with Crippen molar-refractivity contribution in [3.05, 3.63) is 33.3 Å². The Morgan fingerprint density at radius 3 is 2.64 bits per heavy atom. The number of benzene rings is 1. The molecule has 0 saturated heterocycles. The highest BCUT2D eigenvalue weighted by Crippen LogP contribution is 2.37. The molecule has 2 nitrogen and oxygen atoms in total. The summed E-state index contributed by atoms with van der Waals surface area (Å²) in [6, 6.07) is 3.44. The lowest BCUT2D eigenvalue weighted by Crippen LogP contribution is -2.07. The first-order valence-corrected chi connectivity index (χ1v) is 5.06. The van der Waals surface area contributed by atoms with E-state index < -0.39 is 11.9 Å². The van der Waals surface area contributed by atoms with E-state index in [-0.39, 0.29) is 0 Å². The van der Waals surface area contributed by atoms with Crippen molar-refractivity contribution in [1.29, 1.82) is 0 Å². The Labute approximate surface area is 91.4 Å². The van der Waals surface area contributed by atoms with Gasteiger partial charge in [-0.1, -0.05) is 23.2 Å². The molecule has 0 spiro atoms. The molecule has 0 amide bonds. The fraction of sp³-hybridized carbons (Fsp3) is 0.300. The summed E-state index contributed by atoms with van der Waals surface area (Å²) in [5.74, 6) is -1.21. The summed E-state index contributed by atoms with van der Waals surface area (Å²) in [5.41, 5.74) is 1.82. The lowest BCUT2D eigenvalue weighted by atomic mass is 10.0. The van der Waals surface area contributed by atoms with Crippen molar-refractivity contribution in [2.45, 2.75) is 18.8 Å². The quantitative estimate of drug-likeness (QED) is 0.806. The van der Waals surface area contributed by atoms with Crippen molar-refractivity contribution >= 4 is 29.2 Å². The monoisotopic (exact) mass is 230 g/mol. The zero-order valence-electron chi connectivity index (χ0n) is 7.26. The van der Waals surface area contributed by atoms with Crippen LogP contribution < -0.4 is 0 Å². The van der Waals surface area contributed by atoms with Crippen molar-refractivity contribution in [1.82, 2.24) is 0 Å². The molecule has 0 aromatic heterocycles. The van der Waals surface area contributed by atoms with E-state index in [1.807, 2.05) is 0 Å². The van der Waals surface area contributed by atoms with Crippen LogP contribution in [0, 0.1) is 0 Å². The first-order valence-electron chi connectivity index (χ1n) is 4.30. The fourth-order valence-corrected chi connectivity index (χ4v) is 2.21. The van der Waals surface area contributed by atoms with Gasteiger partial charge in [-0.25, -0.2) is 0 Å². The number of fused-ring (bicyclic) bond motifs is 1. The van der Waals surface area contributed by atoms with Crippen LogP contribution in [0.3, 0.4) is 0 Å². The Morgan fingerprint density at radius 2 is 2.00 bits per heavy atom. The highest BCUT2D eigenvalue weighted by atomic mass is 35.5. The molecule has 1 aromatic carbocycles. The second-order valence-electron chi connectivity index (χ2n) is 3.39. The number of rotatable bonds is 1. The molecule has 14 heavy (non-hydrogen) atoms. The van der Waals surface area contributed by atoms with Crippen LogP contribution in [0.5, 0.6) is 0 Å². The number of carboxylic acid groups (broad SMARTS) is 1. The van der Waals surface area contributed by atoms with Crippen LogP contribution in [0.25, 0.3) is 0 Å². The van der Waals surface area contributed by atoms with Gasteiger partial charge in [0, 0.05) is 0 Å². The van der Waals surface area contributed by atoms with Gasteiger partial charge in [0.15, 0.2) is 0 Å². The summed E-state index contributed by atoms with van der Waals surface area (Å²) < 4.78 is 0. The van der Waals surface area contributed by atoms with Gasteiger partial charge in [-0.15, -0.1) is 0 Å². The van der Waals surface area contributed by atoms with E-state index >= 15 is 0 Å². The van der Waals surface area contributed by atoms with E-state index in [9.17, 15) is 4.79 Å². The number of carboxylic acids is 1. The maximum atomic E-state index is 10.9. The molecule has 0 saturated carbocycles. The van der Waals surface area contributed by atoms with Gasteiger partial charge in [-0.3, -0.25) is 4.79 Å². The Balaban J connectivity index is 2.50. The second-order valence-corrected chi connectivity index (χ2v) is 4.21. The van der Waals surface area contributed by atoms with Gasteiger partial charge in [0.2, 0.25) is 0 Å². The average Bonchev–Trinajstić information content (AvgIpc) is 2.48. The van der Waals surface area contributed by atoms with Gasteiger partial charge in [-0.05, 0) is 36.1 Å². The normalized spacial score (nSPS) is 19.4. The molecule has 1 atom stereocenters. The summed E-state index contributed by atoms with van der Waals surface area (Å²) in [7, 11) is 0. The van der Waals surface area contributed by atoms with Gasteiger partial charge in [-0.2, -0.15) is 0 Å². The van der Waals surface area contributed by atoms with Gasteiger partial charge in [0.05, 0.1) is 16.0 Å². The molecule has 1 unspecified atom stereocenters. The van der Waals surface area contributed by atoms with E-state index in [1.54, 1.807) is 12.1 Å². The van der Waals surface area contributed by atoms with Crippen LogP contribution in [0.4, 0.5) is 0 Å². The third kappa shape index (κ3) is 1.49. The molecule has 1 aromatic rings. The van der Waals surface area contributed by atoms with Crippen LogP contribution in [0.15, 0.2) is 12.1 Å². The predicted molar refractivity (Wildman–Crippen MR) is 55.2 cm³/mol. The molecule has 74 valence electrons. The molecule has 0 bridgehead atoms. The van der Waals surface area contributed by atoms with Gasteiger partial charge >= 0.3 is 5.97 Å². The van der Waals surface area contributed by atoms with Crippen LogP contribution >= 0.6 is 23.2 Å². The zero-order chi connectivity index (χ0) is 10.3. The van der Waals surface area contributed by atoms with Gasteiger partial charge < -0.3 is 5.11 Å². The standard InChI is InChI=1S/C10H8Cl2O2/c11-8-3-5-1-2-6(10(13)14)7(5)4-9(8)12/h3-4,6H,1-2H2,(H,13,14). The molecule has 0 radical (unpaired) electrons. The number of carbonyl (C=O) groups is 1. The fourth-order valence-electron chi connectivity index (χ4n) is 1.86. The van der Waals surface area contributed by atoms with Crippen molar-refractivity contribution in [2.75, 3.05) is 0 Å².